The summed E-state index contributed by atoms with van der Waals surface area (Å²) in [6, 6.07) is 6.01. The van der Waals surface area contributed by atoms with Crippen LogP contribution >= 0.6 is 11.6 Å². The van der Waals surface area contributed by atoms with Gasteiger partial charge in [0.25, 0.3) is 0 Å². The molecule has 0 aliphatic heterocycles. The Labute approximate surface area is 109 Å². The third kappa shape index (κ3) is 3.70. The maximum Gasteiger partial charge on any atom is 0.0767 e. The van der Waals surface area contributed by atoms with Crippen LogP contribution in [0, 0.1) is 6.92 Å². The molecule has 3 heteroatoms. The van der Waals surface area contributed by atoms with Crippen LogP contribution in [-0.2, 0) is 6.54 Å². The number of benzene rings is 1. The van der Waals surface area contributed by atoms with Crippen LogP contribution in [0.3, 0.4) is 0 Å². The normalized spacial score (nSPS) is 12.9. The molecule has 0 saturated carbocycles. The first kappa shape index (κ1) is 14.5. The number of aliphatic hydroxyl groups is 1. The molecule has 2 nitrogen and oxygen atoms in total. The SMILES string of the molecule is Cc1ccc(CNC(C)(C)C(C)(C)O)c(Cl)c1. The summed E-state index contributed by atoms with van der Waals surface area (Å²) in [4.78, 5) is 0. The molecule has 0 aromatic heterocycles. The molecule has 0 atom stereocenters. The highest BCUT2D eigenvalue weighted by Crippen LogP contribution is 2.23. The second kappa shape index (κ2) is 4.97. The van der Waals surface area contributed by atoms with Gasteiger partial charge in [0, 0.05) is 17.1 Å². The molecule has 0 bridgehead atoms. The zero-order chi connectivity index (χ0) is 13.3. The number of hydrogen-bond acceptors (Lipinski definition) is 2. The predicted octanol–water partition coefficient (Wildman–Crippen LogP) is 3.29. The molecule has 0 unspecified atom stereocenters. The van der Waals surface area contributed by atoms with Crippen LogP contribution < -0.4 is 5.32 Å². The van der Waals surface area contributed by atoms with Gasteiger partial charge in [-0.1, -0.05) is 23.7 Å². The number of aryl methyl sites for hydroxylation is 1. The van der Waals surface area contributed by atoms with Crippen LogP contribution in [0.25, 0.3) is 0 Å². The molecule has 2 N–H and O–H groups in total. The lowest BCUT2D eigenvalue weighted by Gasteiger charge is -2.38. The average Bonchev–Trinajstić information content (AvgIpc) is 2.14. The van der Waals surface area contributed by atoms with Crippen molar-refractivity contribution >= 4 is 11.6 Å². The number of rotatable bonds is 4. The molecule has 0 amide bonds. The van der Waals surface area contributed by atoms with Crippen molar-refractivity contribution in [3.05, 3.63) is 34.3 Å². The second-order valence-electron chi connectivity index (χ2n) is 5.63. The Morgan fingerprint density at radius 1 is 1.24 bits per heavy atom. The van der Waals surface area contributed by atoms with E-state index in [9.17, 15) is 5.11 Å². The zero-order valence-electron chi connectivity index (χ0n) is 11.3. The molecule has 0 saturated heterocycles. The lowest BCUT2D eigenvalue weighted by Crippen LogP contribution is -2.55. The lowest BCUT2D eigenvalue weighted by molar-refractivity contribution is -0.00531. The van der Waals surface area contributed by atoms with Gasteiger partial charge in [0.15, 0.2) is 0 Å². The van der Waals surface area contributed by atoms with Gasteiger partial charge < -0.3 is 10.4 Å². The van der Waals surface area contributed by atoms with E-state index < -0.39 is 5.60 Å². The van der Waals surface area contributed by atoms with Gasteiger partial charge in [-0.05, 0) is 51.8 Å². The van der Waals surface area contributed by atoms with Gasteiger partial charge in [0.05, 0.1) is 5.60 Å². The smallest absolute Gasteiger partial charge is 0.0767 e. The summed E-state index contributed by atoms with van der Waals surface area (Å²) in [5.74, 6) is 0. The first-order chi connectivity index (χ1) is 7.63. The number of hydrogen-bond donors (Lipinski definition) is 2. The first-order valence-corrected chi connectivity index (χ1v) is 6.24. The van der Waals surface area contributed by atoms with Gasteiger partial charge in [-0.25, -0.2) is 0 Å². The fourth-order valence-corrected chi connectivity index (χ4v) is 1.63. The highest BCUT2D eigenvalue weighted by molar-refractivity contribution is 6.31. The van der Waals surface area contributed by atoms with Crippen LogP contribution in [0.15, 0.2) is 18.2 Å². The van der Waals surface area contributed by atoms with Crippen LogP contribution in [0.1, 0.15) is 38.8 Å². The van der Waals surface area contributed by atoms with Crippen LogP contribution in [0.5, 0.6) is 0 Å². The molecule has 0 aliphatic rings. The molecule has 0 fully saturated rings. The summed E-state index contributed by atoms with van der Waals surface area (Å²) in [6.45, 7) is 10.2. The largest absolute Gasteiger partial charge is 0.389 e. The molecule has 0 spiro atoms. The van der Waals surface area contributed by atoms with Gasteiger partial charge in [-0.2, -0.15) is 0 Å². The molecule has 0 aliphatic carbocycles. The Bertz CT molecular complexity index is 394. The van der Waals surface area contributed by atoms with E-state index in [-0.39, 0.29) is 5.54 Å². The van der Waals surface area contributed by atoms with E-state index in [1.165, 1.54) is 0 Å². The summed E-state index contributed by atoms with van der Waals surface area (Å²) in [6.07, 6.45) is 0. The Kier molecular flexibility index (Phi) is 4.23. The van der Waals surface area contributed by atoms with Crippen molar-refractivity contribution in [2.75, 3.05) is 0 Å². The van der Waals surface area contributed by atoms with E-state index in [4.69, 9.17) is 11.6 Å². The minimum Gasteiger partial charge on any atom is -0.389 e. The third-order valence-corrected chi connectivity index (χ3v) is 3.81. The Morgan fingerprint density at radius 3 is 2.29 bits per heavy atom. The summed E-state index contributed by atoms with van der Waals surface area (Å²) in [5, 5.41) is 14.2. The van der Waals surface area contributed by atoms with Crippen molar-refractivity contribution in [3.63, 3.8) is 0 Å². The van der Waals surface area contributed by atoms with E-state index in [0.29, 0.717) is 6.54 Å². The summed E-state index contributed by atoms with van der Waals surface area (Å²) in [7, 11) is 0. The Balaban J connectivity index is 2.74. The Hall–Kier alpha value is -0.570. The van der Waals surface area contributed by atoms with Crippen molar-refractivity contribution in [1.29, 1.82) is 0 Å². The molecular formula is C14H22ClNO. The summed E-state index contributed by atoms with van der Waals surface area (Å²) < 4.78 is 0. The number of nitrogens with one attached hydrogen (secondary N) is 1. The lowest BCUT2D eigenvalue weighted by atomic mass is 9.86. The molecule has 17 heavy (non-hydrogen) atoms. The van der Waals surface area contributed by atoms with Crippen molar-refractivity contribution in [2.45, 2.75) is 52.3 Å². The topological polar surface area (TPSA) is 32.3 Å². The number of halogens is 1. The van der Waals surface area contributed by atoms with Gasteiger partial charge in [0.1, 0.15) is 0 Å². The molecule has 0 radical (unpaired) electrons. The molecule has 0 heterocycles. The van der Waals surface area contributed by atoms with Crippen LogP contribution in [-0.4, -0.2) is 16.2 Å². The molecule has 1 aromatic carbocycles. The van der Waals surface area contributed by atoms with Crippen molar-refractivity contribution in [3.8, 4) is 0 Å². The zero-order valence-corrected chi connectivity index (χ0v) is 12.0. The highest BCUT2D eigenvalue weighted by atomic mass is 35.5. The molecule has 1 rings (SSSR count). The van der Waals surface area contributed by atoms with E-state index in [1.54, 1.807) is 13.8 Å². The third-order valence-electron chi connectivity index (χ3n) is 3.46. The van der Waals surface area contributed by atoms with E-state index in [0.717, 1.165) is 16.1 Å². The van der Waals surface area contributed by atoms with E-state index in [1.807, 2.05) is 39.0 Å². The standard InChI is InChI=1S/C14H22ClNO/c1-10-6-7-11(12(15)8-10)9-16-13(2,3)14(4,5)17/h6-8,16-17H,9H2,1-5H3. The van der Waals surface area contributed by atoms with Crippen molar-refractivity contribution < 1.29 is 5.11 Å². The molecular weight excluding hydrogens is 234 g/mol. The van der Waals surface area contributed by atoms with Crippen LogP contribution in [0.4, 0.5) is 0 Å². The van der Waals surface area contributed by atoms with E-state index in [2.05, 4.69) is 5.32 Å². The fourth-order valence-electron chi connectivity index (χ4n) is 1.33. The van der Waals surface area contributed by atoms with E-state index >= 15 is 0 Å². The minimum absolute atomic E-state index is 0.374. The second-order valence-corrected chi connectivity index (χ2v) is 6.04. The molecule has 96 valence electrons. The quantitative estimate of drug-likeness (QED) is 0.865. The fraction of sp³-hybridized carbons (Fsp3) is 0.571. The van der Waals surface area contributed by atoms with Crippen LogP contribution in [0.2, 0.25) is 5.02 Å². The first-order valence-electron chi connectivity index (χ1n) is 5.86. The van der Waals surface area contributed by atoms with Gasteiger partial charge in [-0.3, -0.25) is 0 Å². The monoisotopic (exact) mass is 255 g/mol. The van der Waals surface area contributed by atoms with Crippen molar-refractivity contribution in [1.82, 2.24) is 5.32 Å². The highest BCUT2D eigenvalue weighted by Gasteiger charge is 2.34. The van der Waals surface area contributed by atoms with Gasteiger partial charge in [0.2, 0.25) is 0 Å². The molecule has 1 aromatic rings. The summed E-state index contributed by atoms with van der Waals surface area (Å²) >= 11 is 6.17. The Morgan fingerprint density at radius 2 is 1.82 bits per heavy atom. The summed E-state index contributed by atoms with van der Waals surface area (Å²) in [5.41, 5.74) is 1.04. The van der Waals surface area contributed by atoms with Gasteiger partial charge >= 0.3 is 0 Å². The predicted molar refractivity (Wildman–Crippen MR) is 73.4 cm³/mol. The van der Waals surface area contributed by atoms with Crippen molar-refractivity contribution in [2.24, 2.45) is 0 Å². The van der Waals surface area contributed by atoms with Gasteiger partial charge in [-0.15, -0.1) is 0 Å². The minimum atomic E-state index is -0.788. The maximum atomic E-state index is 10.0. The average molecular weight is 256 g/mol. The maximum absolute atomic E-state index is 10.0.